The molecule has 0 nitrogen and oxygen atoms in total. The third kappa shape index (κ3) is 13.8. The zero-order chi connectivity index (χ0) is 20.7. The van der Waals surface area contributed by atoms with Gasteiger partial charge in [0, 0.05) is 7.26 Å². The third-order valence-corrected chi connectivity index (χ3v) is 10.00. The van der Waals surface area contributed by atoms with Gasteiger partial charge in [-0.1, -0.05) is 53.7 Å². The smallest absolute Gasteiger partial charge is 0.416 e. The number of alkyl halides is 3. The van der Waals surface area contributed by atoms with E-state index in [9.17, 15) is 13.2 Å². The van der Waals surface area contributed by atoms with Gasteiger partial charge >= 0.3 is 6.18 Å². The van der Waals surface area contributed by atoms with E-state index in [1.54, 1.807) is 12.1 Å². The van der Waals surface area contributed by atoms with Crippen LogP contribution in [0.15, 0.2) is 24.3 Å². The van der Waals surface area contributed by atoms with Gasteiger partial charge in [-0.3, -0.25) is 0 Å². The standard InChI is InChI=1S/C23H39F3P.2ClH.H3P/c1-18(2)11-14-27(15-12-19(3)4,16-13-20(5)6)17-21-7-9-22(10-8-21)23(24,25)26;;;/h7-10,18-20H,11-17H2,1-6H3;2*1H;1H3/q+1;;;/p-1. The van der Waals surface area contributed by atoms with Crippen LogP contribution in [0.4, 0.5) is 13.2 Å². The summed E-state index contributed by atoms with van der Waals surface area (Å²) in [7, 11) is -1.22. The molecule has 0 aliphatic heterocycles. The molecule has 7 heteroatoms. The molecule has 0 heterocycles. The Labute approximate surface area is 199 Å². The van der Waals surface area contributed by atoms with Crippen LogP contribution in [0, 0.1) is 17.8 Å². The zero-order valence-electron chi connectivity index (χ0n) is 19.6. The van der Waals surface area contributed by atoms with Crippen LogP contribution in [0.25, 0.3) is 0 Å². The summed E-state index contributed by atoms with van der Waals surface area (Å²) in [5.74, 6) is 2.03. The lowest BCUT2D eigenvalue weighted by Crippen LogP contribution is -3.00. The second-order valence-corrected chi connectivity index (χ2v) is 13.8. The topological polar surface area (TPSA) is 0 Å². The van der Waals surface area contributed by atoms with E-state index in [1.165, 1.54) is 49.9 Å². The molecule has 30 heavy (non-hydrogen) atoms. The highest BCUT2D eigenvalue weighted by Gasteiger charge is 2.37. The Morgan fingerprint density at radius 2 is 1.07 bits per heavy atom. The first-order valence-electron chi connectivity index (χ1n) is 10.4. The molecule has 0 bridgehead atoms. The summed E-state index contributed by atoms with van der Waals surface area (Å²) in [4.78, 5) is 0. The largest absolute Gasteiger partial charge is 1.00 e. The Bertz CT molecular complexity index is 513. The molecule has 1 aromatic rings. The fourth-order valence-electron chi connectivity index (χ4n) is 3.36. The second-order valence-electron chi connectivity index (χ2n) is 9.41. The van der Waals surface area contributed by atoms with E-state index in [0.29, 0.717) is 17.8 Å². The summed E-state index contributed by atoms with van der Waals surface area (Å²) in [6.07, 6.45) is 4.23. The van der Waals surface area contributed by atoms with Gasteiger partial charge in [-0.05, 0) is 54.7 Å². The molecule has 1 unspecified atom stereocenters. The highest BCUT2D eigenvalue weighted by atomic mass is 35.5. The lowest BCUT2D eigenvalue weighted by molar-refractivity contribution is -0.137. The van der Waals surface area contributed by atoms with Crippen LogP contribution < -0.4 is 12.4 Å². The average Bonchev–Trinajstić information content (AvgIpc) is 2.55. The van der Waals surface area contributed by atoms with Gasteiger partial charge in [0.1, 0.15) is 0 Å². The first kappa shape index (κ1) is 35.0. The molecule has 0 aliphatic rings. The Morgan fingerprint density at radius 1 is 0.733 bits per heavy atom. The van der Waals surface area contributed by atoms with Crippen molar-refractivity contribution in [3.8, 4) is 0 Å². The molecule has 0 fully saturated rings. The van der Waals surface area contributed by atoms with Crippen molar-refractivity contribution in [3.63, 3.8) is 0 Å². The van der Waals surface area contributed by atoms with E-state index >= 15 is 0 Å². The minimum atomic E-state index is -4.25. The molecule has 0 amide bonds. The van der Waals surface area contributed by atoms with Gasteiger partial charge < -0.3 is 12.4 Å². The van der Waals surface area contributed by atoms with E-state index in [2.05, 4.69) is 41.5 Å². The molecule has 0 N–H and O–H groups in total. The molecule has 0 aliphatic carbocycles. The highest BCUT2D eigenvalue weighted by molar-refractivity contribution is 7.75. The fraction of sp³-hybridized carbons (Fsp3) is 0.739. The monoisotopic (exact) mass is 508 g/mol. The number of hydrogen-bond acceptors (Lipinski definition) is 0. The lowest BCUT2D eigenvalue weighted by Gasteiger charge is -2.30. The molecule has 0 radical (unpaired) electrons. The van der Waals surface area contributed by atoms with Gasteiger partial charge in [0.05, 0.1) is 30.2 Å². The van der Waals surface area contributed by atoms with E-state index in [1.807, 2.05) is 0 Å². The van der Waals surface area contributed by atoms with Gasteiger partial charge in [0.15, 0.2) is 0 Å². The first-order valence-corrected chi connectivity index (χ1v) is 13.0. The SMILES string of the molecule is CC(C)CC[P+](CCC(C)C)(CCC(C)C)Cc1ccc(C(F)(F)F)cc1.Cl.P.[Cl-]. The van der Waals surface area contributed by atoms with E-state index in [-0.39, 0.29) is 34.7 Å². The van der Waals surface area contributed by atoms with Crippen LogP contribution in [-0.4, -0.2) is 18.5 Å². The summed E-state index contributed by atoms with van der Waals surface area (Å²) in [6.45, 7) is 13.7. The summed E-state index contributed by atoms with van der Waals surface area (Å²) in [5.41, 5.74) is 0.550. The van der Waals surface area contributed by atoms with Crippen molar-refractivity contribution in [2.24, 2.45) is 17.8 Å². The number of benzene rings is 1. The normalized spacial score (nSPS) is 11.9. The van der Waals surface area contributed by atoms with Crippen molar-refractivity contribution >= 4 is 29.6 Å². The number of halogens is 5. The molecule has 1 aromatic carbocycles. The average molecular weight is 509 g/mol. The summed E-state index contributed by atoms with van der Waals surface area (Å²) in [6, 6.07) is 5.96. The summed E-state index contributed by atoms with van der Waals surface area (Å²) < 4.78 is 38.7. The van der Waals surface area contributed by atoms with Crippen molar-refractivity contribution in [1.29, 1.82) is 0 Å². The highest BCUT2D eigenvalue weighted by Crippen LogP contribution is 2.63. The van der Waals surface area contributed by atoms with E-state index in [0.717, 1.165) is 11.7 Å². The van der Waals surface area contributed by atoms with Crippen molar-refractivity contribution < 1.29 is 25.6 Å². The van der Waals surface area contributed by atoms with Crippen LogP contribution in [0.2, 0.25) is 0 Å². The van der Waals surface area contributed by atoms with Crippen LogP contribution in [0.1, 0.15) is 71.9 Å². The van der Waals surface area contributed by atoms with Gasteiger partial charge in [0.25, 0.3) is 0 Å². The van der Waals surface area contributed by atoms with Crippen LogP contribution in [0.3, 0.4) is 0 Å². The van der Waals surface area contributed by atoms with Gasteiger partial charge in [-0.2, -0.15) is 23.1 Å². The molecular weight excluding hydrogens is 466 g/mol. The molecular formula is C23H43Cl2F3P2. The molecule has 0 spiro atoms. The van der Waals surface area contributed by atoms with Crippen LogP contribution in [-0.2, 0) is 12.3 Å². The summed E-state index contributed by atoms with van der Waals surface area (Å²) >= 11 is 0. The van der Waals surface area contributed by atoms with E-state index in [4.69, 9.17) is 0 Å². The number of rotatable bonds is 11. The van der Waals surface area contributed by atoms with E-state index < -0.39 is 19.0 Å². The molecule has 180 valence electrons. The lowest BCUT2D eigenvalue weighted by atomic mass is 10.1. The molecule has 0 saturated carbocycles. The molecule has 0 saturated heterocycles. The maximum Gasteiger partial charge on any atom is 0.416 e. The van der Waals surface area contributed by atoms with Crippen LogP contribution in [0.5, 0.6) is 0 Å². The number of hydrogen-bond donors (Lipinski definition) is 0. The second kappa shape index (κ2) is 16.1. The van der Waals surface area contributed by atoms with Gasteiger partial charge in [0.2, 0.25) is 0 Å². The van der Waals surface area contributed by atoms with Gasteiger partial charge in [-0.25, -0.2) is 0 Å². The maximum atomic E-state index is 12.9. The Kier molecular flexibility index (Phi) is 18.8. The first-order chi connectivity index (χ1) is 12.4. The van der Waals surface area contributed by atoms with Crippen molar-refractivity contribution in [2.75, 3.05) is 18.5 Å². The Hall–Kier alpha value is 0.450. The van der Waals surface area contributed by atoms with Crippen LogP contribution >= 0.6 is 29.6 Å². The van der Waals surface area contributed by atoms with Crippen molar-refractivity contribution in [3.05, 3.63) is 35.4 Å². The Morgan fingerprint density at radius 3 is 1.33 bits per heavy atom. The van der Waals surface area contributed by atoms with Crippen molar-refractivity contribution in [1.82, 2.24) is 0 Å². The van der Waals surface area contributed by atoms with Gasteiger partial charge in [-0.15, -0.1) is 12.4 Å². The predicted molar refractivity (Wildman–Crippen MR) is 133 cm³/mol. The molecule has 1 atom stereocenters. The quantitative estimate of drug-likeness (QED) is 0.329. The maximum absolute atomic E-state index is 12.9. The molecule has 1 rings (SSSR count). The van der Waals surface area contributed by atoms with Crippen molar-refractivity contribution in [2.45, 2.75) is 73.1 Å². The minimum absolute atomic E-state index is 0. The fourth-order valence-corrected chi connectivity index (χ4v) is 8.68. The summed E-state index contributed by atoms with van der Waals surface area (Å²) in [5, 5.41) is 0. The Balaban J connectivity index is -0.00000243. The zero-order valence-corrected chi connectivity index (χ0v) is 23.4. The molecule has 0 aromatic heterocycles. The predicted octanol–water partition coefficient (Wildman–Crippen LogP) is 5.85. The minimum Gasteiger partial charge on any atom is -1.00 e. The third-order valence-electron chi connectivity index (χ3n) is 5.34.